The van der Waals surface area contributed by atoms with Crippen molar-refractivity contribution in [2.45, 2.75) is 109 Å². The average molecular weight is 351 g/mol. The van der Waals surface area contributed by atoms with Crippen molar-refractivity contribution in [2.75, 3.05) is 0 Å². The lowest BCUT2D eigenvalue weighted by molar-refractivity contribution is 0.533. The maximum Gasteiger partial charge on any atom is 0.0376 e. The number of benzene rings is 1. The van der Waals surface area contributed by atoms with Crippen LogP contribution < -0.4 is 0 Å². The lowest BCUT2D eigenvalue weighted by atomic mass is 10.0. The Morgan fingerprint density at radius 3 is 1.62 bits per heavy atom. The van der Waals surface area contributed by atoms with E-state index in [4.69, 9.17) is 11.6 Å². The molecular formula is C23H39Cl. The van der Waals surface area contributed by atoms with E-state index in [9.17, 15) is 0 Å². The van der Waals surface area contributed by atoms with Crippen molar-refractivity contribution >= 4 is 11.6 Å². The highest BCUT2D eigenvalue weighted by Gasteiger charge is 2.05. The van der Waals surface area contributed by atoms with Crippen molar-refractivity contribution in [3.05, 3.63) is 35.9 Å². The van der Waals surface area contributed by atoms with Crippen LogP contribution in [0.2, 0.25) is 0 Å². The predicted molar refractivity (Wildman–Crippen MR) is 110 cm³/mol. The first-order chi connectivity index (χ1) is 11.8. The zero-order chi connectivity index (χ0) is 17.3. The molecule has 0 spiro atoms. The number of halogens is 1. The summed E-state index contributed by atoms with van der Waals surface area (Å²) in [6, 6.07) is 10.6. The summed E-state index contributed by atoms with van der Waals surface area (Å²) in [5, 5.41) is 0.306. The third kappa shape index (κ3) is 12.9. The molecule has 1 atom stereocenters. The standard InChI is InChI=1S/C23H39Cl/c1-2-3-4-5-6-7-8-9-10-11-12-13-17-20-23(24)21-22-18-15-14-16-19-22/h14-16,18-19,23H,2-13,17,20-21H2,1H3. The van der Waals surface area contributed by atoms with Gasteiger partial charge in [0.2, 0.25) is 0 Å². The Labute approximate surface area is 156 Å². The molecule has 1 unspecified atom stereocenters. The zero-order valence-electron chi connectivity index (χ0n) is 15.9. The molecule has 1 aromatic carbocycles. The first-order valence-electron chi connectivity index (χ1n) is 10.5. The SMILES string of the molecule is CCCCCCCCCCCCCCCC(Cl)Cc1ccccc1. The molecule has 1 rings (SSSR count). The third-order valence-corrected chi connectivity index (χ3v) is 5.29. The maximum absolute atomic E-state index is 6.46. The molecule has 0 radical (unpaired) electrons. The van der Waals surface area contributed by atoms with Crippen molar-refractivity contribution in [3.8, 4) is 0 Å². The second-order valence-electron chi connectivity index (χ2n) is 7.32. The third-order valence-electron chi connectivity index (χ3n) is 4.92. The second kappa shape index (κ2) is 16.0. The van der Waals surface area contributed by atoms with Crippen molar-refractivity contribution in [1.29, 1.82) is 0 Å². The van der Waals surface area contributed by atoms with Gasteiger partial charge in [0.15, 0.2) is 0 Å². The van der Waals surface area contributed by atoms with Gasteiger partial charge in [0.1, 0.15) is 0 Å². The number of hydrogen-bond donors (Lipinski definition) is 0. The number of rotatable bonds is 16. The molecule has 24 heavy (non-hydrogen) atoms. The minimum Gasteiger partial charge on any atom is -0.123 e. The Hall–Kier alpha value is -0.490. The molecule has 0 aliphatic carbocycles. The summed E-state index contributed by atoms with van der Waals surface area (Å²) in [6.07, 6.45) is 20.6. The van der Waals surface area contributed by atoms with E-state index in [0.717, 1.165) is 12.8 Å². The van der Waals surface area contributed by atoms with Gasteiger partial charge in [-0.15, -0.1) is 11.6 Å². The minimum absolute atomic E-state index is 0.306. The summed E-state index contributed by atoms with van der Waals surface area (Å²) in [5.74, 6) is 0. The number of alkyl halides is 1. The van der Waals surface area contributed by atoms with Crippen molar-refractivity contribution in [1.82, 2.24) is 0 Å². The van der Waals surface area contributed by atoms with Crippen molar-refractivity contribution < 1.29 is 0 Å². The molecule has 0 aliphatic rings. The Bertz CT molecular complexity index is 360. The van der Waals surface area contributed by atoms with Gasteiger partial charge in [-0.1, -0.05) is 121 Å². The predicted octanol–water partition coefficient (Wildman–Crippen LogP) is 8.32. The van der Waals surface area contributed by atoms with Crippen LogP contribution in [-0.4, -0.2) is 5.38 Å². The van der Waals surface area contributed by atoms with E-state index in [1.807, 2.05) is 0 Å². The molecule has 0 N–H and O–H groups in total. The monoisotopic (exact) mass is 350 g/mol. The molecule has 0 nitrogen and oxygen atoms in total. The summed E-state index contributed by atoms with van der Waals surface area (Å²) in [7, 11) is 0. The molecule has 0 heterocycles. The van der Waals surface area contributed by atoms with Crippen LogP contribution in [0, 0.1) is 0 Å². The van der Waals surface area contributed by atoms with E-state index >= 15 is 0 Å². The first-order valence-corrected chi connectivity index (χ1v) is 10.9. The zero-order valence-corrected chi connectivity index (χ0v) is 16.7. The number of hydrogen-bond acceptors (Lipinski definition) is 0. The second-order valence-corrected chi connectivity index (χ2v) is 7.94. The van der Waals surface area contributed by atoms with Crippen LogP contribution in [0.4, 0.5) is 0 Å². The van der Waals surface area contributed by atoms with Gasteiger partial charge in [0.05, 0.1) is 0 Å². The summed E-state index contributed by atoms with van der Waals surface area (Å²) in [5.41, 5.74) is 1.37. The van der Waals surface area contributed by atoms with Gasteiger partial charge in [-0.2, -0.15) is 0 Å². The first kappa shape index (κ1) is 21.6. The molecule has 0 aromatic heterocycles. The lowest BCUT2D eigenvalue weighted by Crippen LogP contribution is -2.03. The van der Waals surface area contributed by atoms with Crippen LogP contribution >= 0.6 is 11.6 Å². The van der Waals surface area contributed by atoms with E-state index in [1.165, 1.54) is 89.0 Å². The Kier molecular flexibility index (Phi) is 14.4. The van der Waals surface area contributed by atoms with E-state index < -0.39 is 0 Å². The molecule has 0 saturated carbocycles. The molecule has 1 aromatic rings. The van der Waals surface area contributed by atoms with E-state index in [1.54, 1.807) is 0 Å². The maximum atomic E-state index is 6.46. The van der Waals surface area contributed by atoms with Gasteiger partial charge in [-0.25, -0.2) is 0 Å². The molecular weight excluding hydrogens is 312 g/mol. The lowest BCUT2D eigenvalue weighted by Gasteiger charge is -2.09. The van der Waals surface area contributed by atoms with Crippen molar-refractivity contribution in [3.63, 3.8) is 0 Å². The van der Waals surface area contributed by atoms with Gasteiger partial charge in [-0.05, 0) is 18.4 Å². The van der Waals surface area contributed by atoms with E-state index in [0.29, 0.717) is 5.38 Å². The smallest absolute Gasteiger partial charge is 0.0376 e. The van der Waals surface area contributed by atoms with Crippen LogP contribution in [0.15, 0.2) is 30.3 Å². The van der Waals surface area contributed by atoms with Crippen LogP contribution in [-0.2, 0) is 6.42 Å². The van der Waals surface area contributed by atoms with Gasteiger partial charge in [0, 0.05) is 5.38 Å². The Balaban J connectivity index is 1.80. The fourth-order valence-corrected chi connectivity index (χ4v) is 3.69. The topological polar surface area (TPSA) is 0 Å². The fourth-order valence-electron chi connectivity index (χ4n) is 3.36. The van der Waals surface area contributed by atoms with Crippen LogP contribution in [0.5, 0.6) is 0 Å². The summed E-state index contributed by atoms with van der Waals surface area (Å²) in [6.45, 7) is 2.29. The molecule has 0 saturated heterocycles. The quantitative estimate of drug-likeness (QED) is 0.207. The molecule has 0 amide bonds. The molecule has 0 bridgehead atoms. The van der Waals surface area contributed by atoms with Gasteiger partial charge in [-0.3, -0.25) is 0 Å². The summed E-state index contributed by atoms with van der Waals surface area (Å²) < 4.78 is 0. The Morgan fingerprint density at radius 2 is 1.12 bits per heavy atom. The normalized spacial score (nSPS) is 12.4. The molecule has 0 aliphatic heterocycles. The Morgan fingerprint density at radius 1 is 0.667 bits per heavy atom. The van der Waals surface area contributed by atoms with Gasteiger partial charge in [0.25, 0.3) is 0 Å². The van der Waals surface area contributed by atoms with Gasteiger partial charge < -0.3 is 0 Å². The van der Waals surface area contributed by atoms with Crippen molar-refractivity contribution in [2.24, 2.45) is 0 Å². The van der Waals surface area contributed by atoms with E-state index in [2.05, 4.69) is 37.3 Å². The van der Waals surface area contributed by atoms with Crippen LogP contribution in [0.1, 0.15) is 102 Å². The molecule has 138 valence electrons. The largest absolute Gasteiger partial charge is 0.123 e. The highest BCUT2D eigenvalue weighted by atomic mass is 35.5. The van der Waals surface area contributed by atoms with E-state index in [-0.39, 0.29) is 0 Å². The number of unbranched alkanes of at least 4 members (excludes halogenated alkanes) is 12. The highest BCUT2D eigenvalue weighted by molar-refractivity contribution is 6.20. The average Bonchev–Trinajstić information content (AvgIpc) is 2.60. The summed E-state index contributed by atoms with van der Waals surface area (Å²) in [4.78, 5) is 0. The summed E-state index contributed by atoms with van der Waals surface area (Å²) >= 11 is 6.46. The van der Waals surface area contributed by atoms with Crippen LogP contribution in [0.3, 0.4) is 0 Å². The van der Waals surface area contributed by atoms with Gasteiger partial charge >= 0.3 is 0 Å². The molecule has 1 heteroatoms. The van der Waals surface area contributed by atoms with Crippen LogP contribution in [0.25, 0.3) is 0 Å². The fraction of sp³-hybridized carbons (Fsp3) is 0.739. The molecule has 0 fully saturated rings. The highest BCUT2D eigenvalue weighted by Crippen LogP contribution is 2.17. The minimum atomic E-state index is 0.306.